The normalized spacial score (nSPS) is 11.6. The number of aromatic hydroxyl groups is 1. The minimum atomic E-state index is -4.67. The van der Waals surface area contributed by atoms with Gasteiger partial charge in [-0.2, -0.15) is 13.2 Å². The van der Waals surface area contributed by atoms with E-state index in [0.717, 1.165) is 18.2 Å². The summed E-state index contributed by atoms with van der Waals surface area (Å²) in [5, 5.41) is 21.1. The number of anilines is 1. The minimum Gasteiger partial charge on any atom is -0.507 e. The lowest BCUT2D eigenvalue weighted by atomic mass is 9.97. The van der Waals surface area contributed by atoms with Crippen LogP contribution in [0.2, 0.25) is 5.02 Å². The van der Waals surface area contributed by atoms with Crippen molar-refractivity contribution in [3.05, 3.63) is 57.3 Å². The number of phenolic OH excluding ortho intramolecular Hbond substituents is 1. The summed E-state index contributed by atoms with van der Waals surface area (Å²) in [5.74, 6) is -0.392. The molecule has 0 fully saturated rings. The van der Waals surface area contributed by atoms with Crippen LogP contribution in [0.15, 0.2) is 41.2 Å². The number of fused-ring (bicyclic) bond motifs is 1. The molecule has 1 heterocycles. The molecule has 0 bridgehead atoms. The maximum Gasteiger partial charge on any atom is 0.416 e. The lowest BCUT2D eigenvalue weighted by molar-refractivity contribution is -0.137. The number of benzene rings is 2. The number of phenols is 1. The van der Waals surface area contributed by atoms with Gasteiger partial charge in [0.2, 0.25) is 0 Å². The lowest BCUT2D eigenvalue weighted by Crippen LogP contribution is -2.19. The molecule has 4 N–H and O–H groups in total. The number of pyridine rings is 1. The van der Waals surface area contributed by atoms with Gasteiger partial charge in [0.25, 0.3) is 5.56 Å². The largest absolute Gasteiger partial charge is 0.507 e. The SMILES string of the molecule is O=C(O)Nc1c(-c2cc(Cl)ccc2O)c2cc(C(F)(F)F)ccc2[nH]c1=O. The first-order valence-electron chi connectivity index (χ1n) is 7.34. The smallest absolute Gasteiger partial charge is 0.416 e. The number of halogens is 4. The van der Waals surface area contributed by atoms with E-state index in [1.54, 1.807) is 0 Å². The van der Waals surface area contributed by atoms with Crippen LogP contribution in [0.25, 0.3) is 22.0 Å². The predicted octanol–water partition coefficient (Wildman–Crippen LogP) is 4.66. The third-order valence-electron chi connectivity index (χ3n) is 3.80. The Bertz CT molecular complexity index is 1130. The van der Waals surface area contributed by atoms with Crippen LogP contribution in [-0.2, 0) is 6.18 Å². The van der Waals surface area contributed by atoms with Crippen LogP contribution < -0.4 is 10.9 Å². The molecule has 1 amide bonds. The highest BCUT2D eigenvalue weighted by Gasteiger charge is 2.31. The molecule has 10 heteroatoms. The van der Waals surface area contributed by atoms with Crippen LogP contribution in [0.5, 0.6) is 5.75 Å². The number of rotatable bonds is 2. The third kappa shape index (κ3) is 3.54. The van der Waals surface area contributed by atoms with Gasteiger partial charge in [-0.25, -0.2) is 4.79 Å². The van der Waals surface area contributed by atoms with Crippen molar-refractivity contribution in [2.45, 2.75) is 6.18 Å². The molecule has 140 valence electrons. The van der Waals surface area contributed by atoms with Crippen LogP contribution in [-0.4, -0.2) is 21.3 Å². The lowest BCUT2D eigenvalue weighted by Gasteiger charge is -2.15. The van der Waals surface area contributed by atoms with E-state index in [9.17, 15) is 27.9 Å². The summed E-state index contributed by atoms with van der Waals surface area (Å²) in [4.78, 5) is 25.7. The summed E-state index contributed by atoms with van der Waals surface area (Å²) in [6, 6.07) is 6.33. The van der Waals surface area contributed by atoms with Crippen LogP contribution in [0.4, 0.5) is 23.7 Å². The van der Waals surface area contributed by atoms with E-state index in [2.05, 4.69) is 4.98 Å². The number of hydrogen-bond acceptors (Lipinski definition) is 3. The van der Waals surface area contributed by atoms with E-state index in [4.69, 9.17) is 16.7 Å². The summed E-state index contributed by atoms with van der Waals surface area (Å²) in [6.45, 7) is 0. The monoisotopic (exact) mass is 398 g/mol. The number of carboxylic acid groups (broad SMARTS) is 1. The van der Waals surface area contributed by atoms with Gasteiger partial charge >= 0.3 is 12.3 Å². The zero-order valence-corrected chi connectivity index (χ0v) is 13.9. The second kappa shape index (κ2) is 6.51. The molecular formula is C17H10ClF3N2O4. The van der Waals surface area contributed by atoms with Crippen LogP contribution >= 0.6 is 11.6 Å². The fourth-order valence-electron chi connectivity index (χ4n) is 2.68. The van der Waals surface area contributed by atoms with E-state index in [0.29, 0.717) is 0 Å². The van der Waals surface area contributed by atoms with Crippen LogP contribution in [0.1, 0.15) is 5.56 Å². The molecular weight excluding hydrogens is 389 g/mol. The molecule has 0 aliphatic carbocycles. The summed E-state index contributed by atoms with van der Waals surface area (Å²) in [6.07, 6.45) is -6.27. The highest BCUT2D eigenvalue weighted by atomic mass is 35.5. The van der Waals surface area contributed by atoms with E-state index < -0.39 is 34.8 Å². The fourth-order valence-corrected chi connectivity index (χ4v) is 2.86. The van der Waals surface area contributed by atoms with Gasteiger partial charge in [-0.3, -0.25) is 10.1 Å². The number of amides is 1. The second-order valence-corrected chi connectivity index (χ2v) is 5.99. The van der Waals surface area contributed by atoms with Crippen LogP contribution in [0.3, 0.4) is 0 Å². The minimum absolute atomic E-state index is 0.0262. The van der Waals surface area contributed by atoms with Gasteiger partial charge in [-0.1, -0.05) is 11.6 Å². The highest BCUT2D eigenvalue weighted by molar-refractivity contribution is 6.31. The van der Waals surface area contributed by atoms with E-state index >= 15 is 0 Å². The molecule has 0 saturated carbocycles. The number of carbonyl (C=O) groups is 1. The molecule has 0 atom stereocenters. The van der Waals surface area contributed by atoms with Gasteiger partial charge in [-0.15, -0.1) is 0 Å². The molecule has 0 unspecified atom stereocenters. The molecule has 0 aliphatic heterocycles. The van der Waals surface area contributed by atoms with Gasteiger partial charge in [0, 0.05) is 27.1 Å². The van der Waals surface area contributed by atoms with Gasteiger partial charge in [-0.05, 0) is 36.4 Å². The molecule has 0 saturated heterocycles. The van der Waals surface area contributed by atoms with Crippen molar-refractivity contribution in [2.75, 3.05) is 5.32 Å². The number of aromatic nitrogens is 1. The zero-order chi connectivity index (χ0) is 19.9. The molecule has 0 aliphatic rings. The first-order valence-corrected chi connectivity index (χ1v) is 7.72. The maximum atomic E-state index is 13.1. The quantitative estimate of drug-likeness (QED) is 0.504. The zero-order valence-electron chi connectivity index (χ0n) is 13.2. The Kier molecular flexibility index (Phi) is 4.48. The van der Waals surface area contributed by atoms with Gasteiger partial charge in [0.05, 0.1) is 5.56 Å². The summed E-state index contributed by atoms with van der Waals surface area (Å²) < 4.78 is 39.4. The molecule has 3 aromatic rings. The first kappa shape index (κ1) is 18.6. The van der Waals surface area contributed by atoms with E-state index in [1.807, 2.05) is 5.32 Å². The van der Waals surface area contributed by atoms with Gasteiger partial charge < -0.3 is 15.2 Å². The molecule has 0 radical (unpaired) electrons. The van der Waals surface area contributed by atoms with Crippen molar-refractivity contribution < 1.29 is 28.2 Å². The van der Waals surface area contributed by atoms with Crippen molar-refractivity contribution in [1.29, 1.82) is 0 Å². The number of aromatic amines is 1. The fraction of sp³-hybridized carbons (Fsp3) is 0.0588. The Labute approximate surface area is 153 Å². The van der Waals surface area contributed by atoms with Gasteiger partial charge in [0.1, 0.15) is 11.4 Å². The molecule has 27 heavy (non-hydrogen) atoms. The number of hydrogen-bond donors (Lipinski definition) is 4. The van der Waals surface area contributed by atoms with Crippen molar-refractivity contribution in [2.24, 2.45) is 0 Å². The summed E-state index contributed by atoms with van der Waals surface area (Å²) in [7, 11) is 0. The van der Waals surface area contributed by atoms with Crippen molar-refractivity contribution >= 4 is 34.3 Å². The maximum absolute atomic E-state index is 13.1. The standard InChI is InChI=1S/C17H10ClF3N2O4/c18-8-2-4-12(24)10(6-8)13-9-5-7(17(19,20)21)1-3-11(9)22-15(25)14(13)23-16(26)27/h1-6,23-24H,(H,22,25)(H,26,27). The van der Waals surface area contributed by atoms with Crippen molar-refractivity contribution in [3.8, 4) is 16.9 Å². The Morgan fingerprint density at radius 3 is 2.48 bits per heavy atom. The molecule has 3 rings (SSSR count). The molecule has 1 aromatic heterocycles. The van der Waals surface area contributed by atoms with Crippen LogP contribution in [0, 0.1) is 0 Å². The van der Waals surface area contributed by atoms with E-state index in [-0.39, 0.29) is 27.1 Å². The summed E-state index contributed by atoms with van der Waals surface area (Å²) >= 11 is 5.91. The number of nitrogens with one attached hydrogen (secondary N) is 2. The Morgan fingerprint density at radius 1 is 1.15 bits per heavy atom. The average molecular weight is 399 g/mol. The Balaban J connectivity index is 2.49. The Hall–Kier alpha value is -3.20. The molecule has 6 nitrogen and oxygen atoms in total. The number of alkyl halides is 3. The third-order valence-corrected chi connectivity index (χ3v) is 4.04. The highest BCUT2D eigenvalue weighted by Crippen LogP contribution is 2.41. The Morgan fingerprint density at radius 2 is 1.85 bits per heavy atom. The molecule has 2 aromatic carbocycles. The van der Waals surface area contributed by atoms with Crippen molar-refractivity contribution in [3.63, 3.8) is 0 Å². The van der Waals surface area contributed by atoms with Gasteiger partial charge in [0.15, 0.2) is 0 Å². The predicted molar refractivity (Wildman–Crippen MR) is 93.3 cm³/mol. The first-order chi connectivity index (χ1) is 12.6. The number of H-pyrrole nitrogens is 1. The molecule has 0 spiro atoms. The van der Waals surface area contributed by atoms with E-state index in [1.165, 1.54) is 18.2 Å². The van der Waals surface area contributed by atoms with Crippen molar-refractivity contribution in [1.82, 2.24) is 4.98 Å². The second-order valence-electron chi connectivity index (χ2n) is 5.55. The summed E-state index contributed by atoms with van der Waals surface area (Å²) in [5.41, 5.74) is -2.72. The average Bonchev–Trinajstić information content (AvgIpc) is 2.56. The topological polar surface area (TPSA) is 102 Å².